The Bertz CT molecular complexity index is 3010. The minimum Gasteiger partial charge on any atom is -0.311 e. The number of para-hydroxylation sites is 5. The Kier molecular flexibility index (Phi) is 9.18. The number of rotatable bonds is 9. The van der Waals surface area contributed by atoms with Crippen LogP contribution in [0, 0.1) is 0 Å². The summed E-state index contributed by atoms with van der Waals surface area (Å²) in [6, 6.07) is 66.8. The maximum absolute atomic E-state index is 2.64. The van der Waals surface area contributed by atoms with Crippen LogP contribution in [-0.4, -0.2) is 13.4 Å². The number of benzene rings is 8. The van der Waals surface area contributed by atoms with Crippen LogP contribution < -0.4 is 47.5 Å². The van der Waals surface area contributed by atoms with Gasteiger partial charge in [0.05, 0.1) is 0 Å². The van der Waals surface area contributed by atoms with Gasteiger partial charge in [-0.1, -0.05) is 141 Å². The fraction of sp³-hybridized carbons (Fsp3) is 0.143. The van der Waals surface area contributed by atoms with E-state index in [-0.39, 0.29) is 13.4 Å². The SMILES string of the molecule is CCCCc1cc2c3c(c1)N(c1ccccc1)c1ccccc1B3c1cc3c(cc1S2)N(c1ccccc1)c1cc(CCCC)cc2c1B3c1ccccc1N2c1ccccc1. The monoisotopic (exact) mass is 815 g/mol. The first-order valence-electron chi connectivity index (χ1n) is 22.6. The molecule has 0 saturated carbocycles. The van der Waals surface area contributed by atoms with E-state index < -0.39 is 0 Å². The molecule has 0 saturated heterocycles. The Balaban J connectivity index is 1.14. The molecule has 8 aromatic rings. The number of aryl methyl sites for hydroxylation is 2. The molecule has 3 nitrogen and oxygen atoms in total. The van der Waals surface area contributed by atoms with Crippen molar-refractivity contribution in [2.24, 2.45) is 0 Å². The zero-order valence-electron chi connectivity index (χ0n) is 35.4. The van der Waals surface area contributed by atoms with Crippen LogP contribution in [0.15, 0.2) is 186 Å². The van der Waals surface area contributed by atoms with E-state index in [1.807, 2.05) is 11.8 Å². The molecule has 0 bridgehead atoms. The molecule has 4 aliphatic heterocycles. The minimum absolute atomic E-state index is 0.0542. The summed E-state index contributed by atoms with van der Waals surface area (Å²) in [5.74, 6) is 0. The number of fused-ring (bicyclic) bond motifs is 8. The summed E-state index contributed by atoms with van der Waals surface area (Å²) < 4.78 is 0. The third-order valence-corrected chi connectivity index (χ3v) is 14.7. The van der Waals surface area contributed by atoms with Crippen molar-refractivity contribution in [3.63, 3.8) is 0 Å². The van der Waals surface area contributed by atoms with Crippen LogP contribution in [0.2, 0.25) is 0 Å². The van der Waals surface area contributed by atoms with Crippen molar-refractivity contribution in [3.05, 3.63) is 187 Å². The Morgan fingerprint density at radius 3 is 1.32 bits per heavy atom. The van der Waals surface area contributed by atoms with Crippen molar-refractivity contribution in [2.75, 3.05) is 14.7 Å². The molecule has 298 valence electrons. The number of hydrogen-bond acceptors (Lipinski definition) is 4. The highest BCUT2D eigenvalue weighted by atomic mass is 32.2. The molecule has 0 aromatic heterocycles. The van der Waals surface area contributed by atoms with Gasteiger partial charge < -0.3 is 14.7 Å². The van der Waals surface area contributed by atoms with Gasteiger partial charge in [0.2, 0.25) is 6.71 Å². The van der Waals surface area contributed by atoms with Crippen LogP contribution in [0.3, 0.4) is 0 Å². The summed E-state index contributed by atoms with van der Waals surface area (Å²) in [4.78, 5) is 10.4. The lowest BCUT2D eigenvalue weighted by Gasteiger charge is -2.45. The maximum Gasteiger partial charge on any atom is 0.252 e. The van der Waals surface area contributed by atoms with E-state index in [0.717, 1.165) is 25.7 Å². The minimum atomic E-state index is 0.0542. The van der Waals surface area contributed by atoms with Crippen molar-refractivity contribution in [3.8, 4) is 0 Å². The maximum atomic E-state index is 2.64. The molecule has 4 aliphatic rings. The van der Waals surface area contributed by atoms with Crippen LogP contribution in [0.25, 0.3) is 0 Å². The Morgan fingerprint density at radius 1 is 0.371 bits per heavy atom. The number of unbranched alkanes of at least 4 members (excludes halogenated alkanes) is 2. The molecule has 0 aliphatic carbocycles. The van der Waals surface area contributed by atoms with Gasteiger partial charge in [0.1, 0.15) is 0 Å². The lowest BCUT2D eigenvalue weighted by atomic mass is 9.31. The van der Waals surface area contributed by atoms with E-state index in [1.54, 1.807) is 0 Å². The first-order valence-corrected chi connectivity index (χ1v) is 23.4. The van der Waals surface area contributed by atoms with Crippen LogP contribution >= 0.6 is 11.8 Å². The van der Waals surface area contributed by atoms with Crippen molar-refractivity contribution in [2.45, 2.75) is 62.2 Å². The summed E-state index contributed by atoms with van der Waals surface area (Å²) in [5, 5.41) is 0. The lowest BCUT2D eigenvalue weighted by Crippen LogP contribution is -2.64. The van der Waals surface area contributed by atoms with Gasteiger partial charge in [-0.2, -0.15) is 0 Å². The Labute approximate surface area is 371 Å². The molecule has 0 atom stereocenters. The van der Waals surface area contributed by atoms with Gasteiger partial charge in [0.15, 0.2) is 0 Å². The van der Waals surface area contributed by atoms with Gasteiger partial charge in [-0.25, -0.2) is 0 Å². The third kappa shape index (κ3) is 5.83. The van der Waals surface area contributed by atoms with Crippen LogP contribution in [0.5, 0.6) is 0 Å². The molecule has 0 spiro atoms. The smallest absolute Gasteiger partial charge is 0.252 e. The molecule has 62 heavy (non-hydrogen) atoms. The molecule has 0 amide bonds. The average molecular weight is 816 g/mol. The molecule has 0 fully saturated rings. The van der Waals surface area contributed by atoms with Gasteiger partial charge in [-0.3, -0.25) is 0 Å². The summed E-state index contributed by atoms with van der Waals surface area (Å²) in [6.45, 7) is 4.75. The molecule has 0 N–H and O–H groups in total. The molecular weight excluding hydrogens is 768 g/mol. The second kappa shape index (κ2) is 15.2. The van der Waals surface area contributed by atoms with E-state index in [4.69, 9.17) is 0 Å². The van der Waals surface area contributed by atoms with Gasteiger partial charge in [0.25, 0.3) is 6.71 Å². The highest BCUT2D eigenvalue weighted by Crippen LogP contribution is 2.47. The van der Waals surface area contributed by atoms with E-state index >= 15 is 0 Å². The zero-order valence-corrected chi connectivity index (χ0v) is 36.2. The van der Waals surface area contributed by atoms with E-state index in [2.05, 4.69) is 204 Å². The Morgan fingerprint density at radius 2 is 0.806 bits per heavy atom. The highest BCUT2D eigenvalue weighted by Gasteiger charge is 2.47. The van der Waals surface area contributed by atoms with Crippen molar-refractivity contribution in [1.82, 2.24) is 0 Å². The van der Waals surface area contributed by atoms with E-state index in [0.29, 0.717) is 0 Å². The fourth-order valence-corrected chi connectivity index (χ4v) is 12.1. The van der Waals surface area contributed by atoms with Crippen molar-refractivity contribution < 1.29 is 0 Å². The molecule has 0 radical (unpaired) electrons. The highest BCUT2D eigenvalue weighted by molar-refractivity contribution is 8.00. The van der Waals surface area contributed by atoms with Crippen molar-refractivity contribution in [1.29, 1.82) is 0 Å². The zero-order chi connectivity index (χ0) is 41.3. The van der Waals surface area contributed by atoms with E-state index in [1.165, 1.54) is 118 Å². The topological polar surface area (TPSA) is 9.72 Å². The predicted molar refractivity (Wildman–Crippen MR) is 268 cm³/mol. The molecular formula is C56H47B2N3S. The van der Waals surface area contributed by atoms with Gasteiger partial charge in [0, 0.05) is 61.0 Å². The molecule has 8 aromatic carbocycles. The standard InChI is InChI=1S/C56H47B2N3S/c1-3-5-20-38-32-50-55-51(33-38)61(42-26-14-9-15-27-42)49-37-53-46(36-45(49)57(55)43-28-16-18-30-47(43)59(50)40-22-10-7-11-23-40)58-44-29-17-19-31-48(44)60(41-24-12-8-13-25-41)52-34-39(21-6-4-2)35-54(62-53)56(52)58/h7-19,22-37H,3-6,20-21H2,1-2H3. The lowest BCUT2D eigenvalue weighted by molar-refractivity contribution is 0.794. The molecule has 12 rings (SSSR count). The number of anilines is 9. The van der Waals surface area contributed by atoms with Gasteiger partial charge in [-0.05, 0) is 143 Å². The second-order valence-corrected chi connectivity index (χ2v) is 18.4. The van der Waals surface area contributed by atoms with Crippen LogP contribution in [-0.2, 0) is 12.8 Å². The quantitative estimate of drug-likeness (QED) is 0.134. The Hall–Kier alpha value is -6.36. The first-order chi connectivity index (χ1) is 30.7. The van der Waals surface area contributed by atoms with E-state index in [9.17, 15) is 0 Å². The molecule has 6 heteroatoms. The second-order valence-electron chi connectivity index (χ2n) is 17.3. The predicted octanol–water partition coefficient (Wildman–Crippen LogP) is 11.2. The average Bonchev–Trinajstić information content (AvgIpc) is 3.32. The van der Waals surface area contributed by atoms with Crippen molar-refractivity contribution >= 4 is 109 Å². The third-order valence-electron chi connectivity index (χ3n) is 13.6. The molecule has 0 unspecified atom stereocenters. The number of hydrogen-bond donors (Lipinski definition) is 0. The first kappa shape index (κ1) is 37.4. The van der Waals surface area contributed by atoms with Crippen LogP contribution in [0.1, 0.15) is 50.7 Å². The van der Waals surface area contributed by atoms with Gasteiger partial charge in [-0.15, -0.1) is 0 Å². The summed E-state index contributed by atoms with van der Waals surface area (Å²) >= 11 is 1.98. The normalized spacial score (nSPS) is 13.8. The van der Waals surface area contributed by atoms with Crippen LogP contribution in [0.4, 0.5) is 51.2 Å². The summed E-state index contributed by atoms with van der Waals surface area (Å²) in [5.41, 5.74) is 22.4. The van der Waals surface area contributed by atoms with Gasteiger partial charge >= 0.3 is 0 Å². The largest absolute Gasteiger partial charge is 0.311 e. The molecule has 4 heterocycles. The fourth-order valence-electron chi connectivity index (χ4n) is 10.9. The summed E-state index contributed by atoms with van der Waals surface area (Å²) in [7, 11) is 0. The summed E-state index contributed by atoms with van der Waals surface area (Å²) in [6.07, 6.45) is 6.78. The number of nitrogens with zero attached hydrogens (tertiary/aromatic N) is 3.